The molecule has 0 saturated carbocycles. The van der Waals surface area contributed by atoms with Gasteiger partial charge in [0.15, 0.2) is 5.76 Å². The highest BCUT2D eigenvalue weighted by Gasteiger charge is 2.20. The zero-order valence-electron chi connectivity index (χ0n) is 11.3. The minimum atomic E-state index is -0.500. The number of rotatable bonds is 5. The van der Waals surface area contributed by atoms with Crippen LogP contribution < -0.4 is 5.76 Å². The van der Waals surface area contributed by atoms with E-state index in [0.29, 0.717) is 12.2 Å². The molecule has 1 aromatic carbocycles. The summed E-state index contributed by atoms with van der Waals surface area (Å²) < 4.78 is 6.45. The summed E-state index contributed by atoms with van der Waals surface area (Å²) in [5.41, 5.74) is 0.961. The number of aryl methyl sites for hydroxylation is 1. The number of aromatic nitrogens is 1. The fraction of sp³-hybridized carbons (Fsp3) is 0.400. The highest BCUT2D eigenvalue weighted by molar-refractivity contribution is 5.23. The van der Waals surface area contributed by atoms with Gasteiger partial charge in [0.25, 0.3) is 0 Å². The van der Waals surface area contributed by atoms with E-state index in [1.54, 1.807) is 0 Å². The second-order valence-electron chi connectivity index (χ2n) is 4.67. The van der Waals surface area contributed by atoms with Crippen LogP contribution in [0.2, 0.25) is 0 Å². The van der Waals surface area contributed by atoms with Crippen LogP contribution >= 0.6 is 0 Å². The molecule has 1 heterocycles. The van der Waals surface area contributed by atoms with E-state index in [-0.39, 0.29) is 11.9 Å². The van der Waals surface area contributed by atoms with Crippen LogP contribution in [-0.4, -0.2) is 9.67 Å². The molecule has 0 radical (unpaired) electrons. The molecule has 0 bridgehead atoms. The number of nitrogens with zero attached hydrogens (tertiary/aromatic N) is 1. The summed E-state index contributed by atoms with van der Waals surface area (Å²) in [6, 6.07) is 9.34. The predicted octanol–water partition coefficient (Wildman–Crippen LogP) is 3.10. The lowest BCUT2D eigenvalue weighted by Crippen LogP contribution is -2.18. The number of aromatic hydroxyl groups is 1. The first kappa shape index (κ1) is 13.5. The number of hydrogen-bond donors (Lipinski definition) is 1. The molecule has 0 aliphatic heterocycles. The molecule has 2 rings (SSSR count). The van der Waals surface area contributed by atoms with E-state index in [1.807, 2.05) is 37.3 Å². The first-order chi connectivity index (χ1) is 9.15. The predicted molar refractivity (Wildman–Crippen MR) is 73.5 cm³/mol. The van der Waals surface area contributed by atoms with Crippen molar-refractivity contribution in [2.24, 2.45) is 0 Å². The Labute approximate surface area is 112 Å². The van der Waals surface area contributed by atoms with Crippen molar-refractivity contribution in [1.82, 2.24) is 4.57 Å². The van der Waals surface area contributed by atoms with Gasteiger partial charge in [0.2, 0.25) is 5.88 Å². The summed E-state index contributed by atoms with van der Waals surface area (Å²) in [5.74, 6) is -0.163. The molecule has 1 N–H and O–H groups in total. The average molecular weight is 261 g/mol. The molecule has 1 atom stereocenters. The van der Waals surface area contributed by atoms with Crippen LogP contribution in [0.15, 0.2) is 39.5 Å². The summed E-state index contributed by atoms with van der Waals surface area (Å²) in [7, 11) is 0. The van der Waals surface area contributed by atoms with E-state index < -0.39 is 5.76 Å². The van der Waals surface area contributed by atoms with E-state index in [9.17, 15) is 9.90 Å². The Kier molecular flexibility index (Phi) is 4.10. The van der Waals surface area contributed by atoms with Crippen molar-refractivity contribution in [2.75, 3.05) is 0 Å². The number of benzene rings is 1. The van der Waals surface area contributed by atoms with Gasteiger partial charge in [-0.3, -0.25) is 0 Å². The lowest BCUT2D eigenvalue weighted by Gasteiger charge is -2.12. The molecule has 1 unspecified atom stereocenters. The van der Waals surface area contributed by atoms with Crippen LogP contribution in [0.4, 0.5) is 0 Å². The van der Waals surface area contributed by atoms with Gasteiger partial charge in [-0.1, -0.05) is 43.7 Å². The molecule has 0 saturated heterocycles. The Balaban J connectivity index is 2.35. The van der Waals surface area contributed by atoms with Crippen molar-refractivity contribution in [2.45, 2.75) is 39.2 Å². The molecule has 0 amide bonds. The summed E-state index contributed by atoms with van der Waals surface area (Å²) in [5, 5.41) is 10.1. The van der Waals surface area contributed by atoms with Crippen molar-refractivity contribution in [3.63, 3.8) is 0 Å². The molecule has 102 valence electrons. The number of unbranched alkanes of at least 4 members (excludes halogenated alkanes) is 1. The number of hydrogen-bond acceptors (Lipinski definition) is 3. The molecule has 4 nitrogen and oxygen atoms in total. The zero-order valence-corrected chi connectivity index (χ0v) is 11.3. The molecule has 2 aromatic rings. The Morgan fingerprint density at radius 3 is 2.63 bits per heavy atom. The van der Waals surface area contributed by atoms with Crippen LogP contribution in [0, 0.1) is 0 Å². The van der Waals surface area contributed by atoms with Crippen LogP contribution in [0.25, 0.3) is 0 Å². The Bertz CT molecular complexity index is 583. The minimum Gasteiger partial charge on any atom is -0.492 e. The maximum absolute atomic E-state index is 11.9. The molecule has 0 aliphatic rings. The average Bonchev–Trinajstić information content (AvgIpc) is 2.71. The maximum atomic E-state index is 11.9. The van der Waals surface area contributed by atoms with Crippen LogP contribution in [0.3, 0.4) is 0 Å². The molecule has 0 aliphatic carbocycles. The van der Waals surface area contributed by atoms with Gasteiger partial charge >= 0.3 is 5.76 Å². The third kappa shape index (κ3) is 2.72. The van der Waals surface area contributed by atoms with Crippen molar-refractivity contribution >= 4 is 0 Å². The van der Waals surface area contributed by atoms with Crippen molar-refractivity contribution in [3.8, 4) is 5.88 Å². The van der Waals surface area contributed by atoms with E-state index in [0.717, 1.165) is 18.4 Å². The molecule has 4 heteroatoms. The first-order valence-corrected chi connectivity index (χ1v) is 6.63. The molecule has 0 spiro atoms. The first-order valence-electron chi connectivity index (χ1n) is 6.63. The standard InChI is InChI=1S/C15H19NO3/c1-3-4-10-13-14(17)16(15(18)19-13)11(2)12-8-6-5-7-9-12/h5-9,11,17H,3-4,10H2,1-2H3. The van der Waals surface area contributed by atoms with E-state index in [4.69, 9.17) is 4.42 Å². The van der Waals surface area contributed by atoms with E-state index in [1.165, 1.54) is 4.57 Å². The topological polar surface area (TPSA) is 55.4 Å². The lowest BCUT2D eigenvalue weighted by molar-refractivity contribution is 0.397. The fourth-order valence-electron chi connectivity index (χ4n) is 2.14. The van der Waals surface area contributed by atoms with Gasteiger partial charge in [-0.2, -0.15) is 0 Å². The summed E-state index contributed by atoms with van der Waals surface area (Å²) in [4.78, 5) is 11.9. The Morgan fingerprint density at radius 1 is 1.32 bits per heavy atom. The molecule has 0 fully saturated rings. The second kappa shape index (κ2) is 5.78. The van der Waals surface area contributed by atoms with Gasteiger partial charge in [0.05, 0.1) is 6.04 Å². The Morgan fingerprint density at radius 2 is 2.00 bits per heavy atom. The third-order valence-corrected chi connectivity index (χ3v) is 3.31. The molecule has 19 heavy (non-hydrogen) atoms. The highest BCUT2D eigenvalue weighted by atomic mass is 16.4. The van der Waals surface area contributed by atoms with Gasteiger partial charge < -0.3 is 9.52 Å². The van der Waals surface area contributed by atoms with E-state index in [2.05, 4.69) is 6.92 Å². The largest absolute Gasteiger partial charge is 0.492 e. The quantitative estimate of drug-likeness (QED) is 0.899. The smallest absolute Gasteiger partial charge is 0.422 e. The molecular formula is C15H19NO3. The van der Waals surface area contributed by atoms with Gasteiger partial charge in [-0.05, 0) is 18.9 Å². The monoisotopic (exact) mass is 261 g/mol. The summed E-state index contributed by atoms with van der Waals surface area (Å²) in [6.07, 6.45) is 2.47. The normalized spacial score (nSPS) is 12.5. The van der Waals surface area contributed by atoms with Crippen molar-refractivity contribution in [3.05, 3.63) is 52.2 Å². The zero-order chi connectivity index (χ0) is 13.8. The van der Waals surface area contributed by atoms with Crippen molar-refractivity contribution in [1.29, 1.82) is 0 Å². The van der Waals surface area contributed by atoms with Gasteiger partial charge in [0.1, 0.15) is 0 Å². The lowest BCUT2D eigenvalue weighted by atomic mass is 10.1. The second-order valence-corrected chi connectivity index (χ2v) is 4.67. The van der Waals surface area contributed by atoms with Crippen LogP contribution in [0.1, 0.15) is 44.1 Å². The third-order valence-electron chi connectivity index (χ3n) is 3.31. The summed E-state index contributed by atoms with van der Waals surface area (Å²) in [6.45, 7) is 3.92. The highest BCUT2D eigenvalue weighted by Crippen LogP contribution is 2.25. The van der Waals surface area contributed by atoms with Crippen LogP contribution in [-0.2, 0) is 6.42 Å². The van der Waals surface area contributed by atoms with E-state index >= 15 is 0 Å². The van der Waals surface area contributed by atoms with Crippen LogP contribution in [0.5, 0.6) is 5.88 Å². The Hall–Kier alpha value is -1.97. The number of oxazole rings is 1. The maximum Gasteiger partial charge on any atom is 0.422 e. The minimum absolute atomic E-state index is 0.0465. The fourth-order valence-corrected chi connectivity index (χ4v) is 2.14. The molecule has 1 aromatic heterocycles. The van der Waals surface area contributed by atoms with Gasteiger partial charge in [0, 0.05) is 6.42 Å². The van der Waals surface area contributed by atoms with Crippen molar-refractivity contribution < 1.29 is 9.52 Å². The molecular weight excluding hydrogens is 242 g/mol. The summed E-state index contributed by atoms with van der Waals surface area (Å²) >= 11 is 0. The van der Waals surface area contributed by atoms with Gasteiger partial charge in [-0.15, -0.1) is 0 Å². The SMILES string of the molecule is CCCCc1oc(=O)n(C(C)c2ccccc2)c1O. The van der Waals surface area contributed by atoms with Gasteiger partial charge in [-0.25, -0.2) is 9.36 Å².